The molecule has 4 rings (SSSR count). The topological polar surface area (TPSA) is 106 Å². The Kier molecular flexibility index (Phi) is 5.77. The van der Waals surface area contributed by atoms with Crippen molar-refractivity contribution in [3.05, 3.63) is 66.0 Å². The van der Waals surface area contributed by atoms with Gasteiger partial charge in [-0.05, 0) is 18.2 Å². The summed E-state index contributed by atoms with van der Waals surface area (Å²) in [6.07, 6.45) is -8.62. The van der Waals surface area contributed by atoms with Gasteiger partial charge in [0, 0.05) is 36.1 Å². The van der Waals surface area contributed by atoms with Crippen LogP contribution in [0.2, 0.25) is 0 Å². The molecule has 2 amide bonds. The van der Waals surface area contributed by atoms with Crippen molar-refractivity contribution in [1.29, 1.82) is 5.26 Å². The Morgan fingerprint density at radius 3 is 2.23 bits per heavy atom. The normalized spacial score (nSPS) is 15.0. The third-order valence-electron chi connectivity index (χ3n) is 4.35. The number of urea groups is 1. The Labute approximate surface area is 191 Å². The molecule has 0 saturated heterocycles. The summed E-state index contributed by atoms with van der Waals surface area (Å²) < 4.78 is 95.1. The van der Waals surface area contributed by atoms with E-state index in [1.807, 2.05) is 5.32 Å². The first-order valence-electron chi connectivity index (χ1n) is 9.36. The van der Waals surface area contributed by atoms with Crippen molar-refractivity contribution in [3.63, 3.8) is 0 Å². The molecule has 1 aliphatic heterocycles. The highest BCUT2D eigenvalue weighted by Crippen LogP contribution is 2.47. The number of anilines is 2. The van der Waals surface area contributed by atoms with Crippen molar-refractivity contribution in [2.24, 2.45) is 0 Å². The number of fused-ring (bicyclic) bond motifs is 1. The molecule has 0 spiro atoms. The van der Waals surface area contributed by atoms with Gasteiger partial charge in [-0.1, -0.05) is 0 Å². The highest BCUT2D eigenvalue weighted by atomic mass is 19.3. The number of hydrogen-bond donors (Lipinski definition) is 2. The lowest BCUT2D eigenvalue weighted by molar-refractivity contribution is -0.391. The number of ether oxygens (including phenoxy) is 3. The molecule has 0 saturated carbocycles. The van der Waals surface area contributed by atoms with Crippen LogP contribution in [0.3, 0.4) is 0 Å². The lowest BCUT2D eigenvalue weighted by Gasteiger charge is -2.31. The number of carbonyl (C=O) groups excluding carboxylic acids is 1. The van der Waals surface area contributed by atoms with Crippen LogP contribution in [0.5, 0.6) is 23.0 Å². The minimum atomic E-state index is -4.97. The largest absolute Gasteiger partial charge is 0.507 e. The quantitative estimate of drug-likeness (QED) is 0.454. The molecule has 2 heterocycles. The molecule has 180 valence electrons. The van der Waals surface area contributed by atoms with Gasteiger partial charge in [-0.2, -0.15) is 22.8 Å². The van der Waals surface area contributed by atoms with Crippen LogP contribution < -0.4 is 24.8 Å². The minimum absolute atomic E-state index is 0.00923. The Morgan fingerprint density at radius 1 is 0.914 bits per heavy atom. The Balaban J connectivity index is 1.46. The van der Waals surface area contributed by atoms with Gasteiger partial charge >= 0.3 is 18.2 Å². The summed E-state index contributed by atoms with van der Waals surface area (Å²) in [5.74, 6) is -4.17. The number of amides is 2. The number of aromatic nitrogens is 1. The van der Waals surface area contributed by atoms with Crippen LogP contribution in [0.25, 0.3) is 0 Å². The zero-order valence-corrected chi connectivity index (χ0v) is 16.9. The number of pyridine rings is 1. The van der Waals surface area contributed by atoms with E-state index in [2.05, 4.69) is 19.8 Å². The molecule has 14 heteroatoms. The van der Waals surface area contributed by atoms with Gasteiger partial charge in [0.2, 0.25) is 0 Å². The number of hydrogen-bond acceptors (Lipinski definition) is 6. The van der Waals surface area contributed by atoms with E-state index in [0.717, 1.165) is 30.3 Å². The van der Waals surface area contributed by atoms with Gasteiger partial charge in [0.25, 0.3) is 0 Å². The number of nitrogens with zero attached hydrogens (tertiary/aromatic N) is 2. The van der Waals surface area contributed by atoms with Gasteiger partial charge in [-0.15, -0.1) is 0 Å². The third-order valence-corrected chi connectivity index (χ3v) is 4.35. The first-order valence-corrected chi connectivity index (χ1v) is 9.36. The number of rotatable bonds is 4. The predicted octanol–water partition coefficient (Wildman–Crippen LogP) is 5.62. The number of benzene rings is 2. The van der Waals surface area contributed by atoms with Gasteiger partial charge in [0.15, 0.2) is 23.1 Å². The van der Waals surface area contributed by atoms with E-state index in [-0.39, 0.29) is 22.9 Å². The van der Waals surface area contributed by atoms with Crippen molar-refractivity contribution in [2.45, 2.75) is 12.2 Å². The molecule has 0 radical (unpaired) electrons. The van der Waals surface area contributed by atoms with E-state index in [9.17, 15) is 31.1 Å². The summed E-state index contributed by atoms with van der Waals surface area (Å²) in [5, 5.41) is 12.8. The summed E-state index contributed by atoms with van der Waals surface area (Å²) in [6, 6.07) is 7.28. The maximum Gasteiger partial charge on any atom is 0.507 e. The van der Waals surface area contributed by atoms with Crippen LogP contribution in [0.15, 0.2) is 48.7 Å². The highest BCUT2D eigenvalue weighted by molar-refractivity contribution is 6.00. The summed E-state index contributed by atoms with van der Waals surface area (Å²) in [5.41, 5.74) is -1.10. The smallest absolute Gasteiger partial charge is 0.457 e. The number of nitriles is 1. The van der Waals surface area contributed by atoms with Gasteiger partial charge in [0.05, 0.1) is 0 Å². The first-order chi connectivity index (χ1) is 16.5. The van der Waals surface area contributed by atoms with Crippen molar-refractivity contribution in [3.8, 4) is 29.1 Å². The Bertz CT molecular complexity index is 1340. The monoisotopic (exact) mass is 496 g/mol. The molecule has 0 atom stereocenters. The number of carbonyl (C=O) groups is 1. The first kappa shape index (κ1) is 23.5. The molecule has 8 nitrogen and oxygen atoms in total. The molecule has 3 aromatic rings. The van der Waals surface area contributed by atoms with Crippen LogP contribution in [0, 0.1) is 23.0 Å². The van der Waals surface area contributed by atoms with Crippen LogP contribution >= 0.6 is 0 Å². The summed E-state index contributed by atoms with van der Waals surface area (Å²) in [6.45, 7) is 0. The lowest BCUT2D eigenvalue weighted by Crippen LogP contribution is -2.52. The van der Waals surface area contributed by atoms with Gasteiger partial charge < -0.3 is 24.8 Å². The molecular formula is C21H10F6N4O4. The van der Waals surface area contributed by atoms with Crippen LogP contribution in [-0.4, -0.2) is 23.2 Å². The molecule has 0 bridgehead atoms. The SMILES string of the molecule is N#Cc1cc(Oc2cc(F)c(NC(=O)Nc3ccc4c(c3)OC(F)(F)C(F)(F)O4)c(F)c2)ccn1. The molecule has 35 heavy (non-hydrogen) atoms. The van der Waals surface area contributed by atoms with Crippen molar-refractivity contribution in [1.82, 2.24) is 4.98 Å². The molecule has 0 aliphatic carbocycles. The number of halogens is 6. The van der Waals surface area contributed by atoms with Gasteiger partial charge in [-0.3, -0.25) is 0 Å². The number of nitrogens with one attached hydrogen (secondary N) is 2. The molecule has 0 fully saturated rings. The predicted molar refractivity (Wildman–Crippen MR) is 106 cm³/mol. The average Bonchev–Trinajstić information content (AvgIpc) is 2.77. The minimum Gasteiger partial charge on any atom is -0.457 e. The van der Waals surface area contributed by atoms with Crippen LogP contribution in [0.1, 0.15) is 5.69 Å². The Morgan fingerprint density at radius 2 is 1.57 bits per heavy atom. The van der Waals surface area contributed by atoms with E-state index >= 15 is 0 Å². The van der Waals surface area contributed by atoms with Gasteiger partial charge in [-0.25, -0.2) is 18.6 Å². The van der Waals surface area contributed by atoms with Crippen molar-refractivity contribution in [2.75, 3.05) is 10.6 Å². The summed E-state index contributed by atoms with van der Waals surface area (Å²) >= 11 is 0. The lowest BCUT2D eigenvalue weighted by atomic mass is 10.2. The molecule has 2 N–H and O–H groups in total. The van der Waals surface area contributed by atoms with Crippen molar-refractivity contribution >= 4 is 17.4 Å². The van der Waals surface area contributed by atoms with Gasteiger partial charge in [0.1, 0.15) is 28.9 Å². The van der Waals surface area contributed by atoms with E-state index in [4.69, 9.17) is 10.00 Å². The fourth-order valence-electron chi connectivity index (χ4n) is 2.82. The summed E-state index contributed by atoms with van der Waals surface area (Å²) in [7, 11) is 0. The zero-order valence-electron chi connectivity index (χ0n) is 16.9. The van der Waals surface area contributed by atoms with Crippen LogP contribution in [0.4, 0.5) is 42.5 Å². The molecule has 1 aromatic heterocycles. The second kappa shape index (κ2) is 8.60. The third kappa shape index (κ3) is 4.83. The fourth-order valence-corrected chi connectivity index (χ4v) is 2.82. The molecule has 0 unspecified atom stereocenters. The Hall–Kier alpha value is -4.67. The van der Waals surface area contributed by atoms with Crippen molar-refractivity contribution < 1.29 is 45.3 Å². The van der Waals surface area contributed by atoms with Crippen LogP contribution in [-0.2, 0) is 0 Å². The molecule has 1 aliphatic rings. The average molecular weight is 496 g/mol. The zero-order chi connectivity index (χ0) is 25.4. The molecule has 2 aromatic carbocycles. The second-order valence-electron chi connectivity index (χ2n) is 6.83. The highest BCUT2D eigenvalue weighted by Gasteiger charge is 2.65. The molecular weight excluding hydrogens is 486 g/mol. The fraction of sp³-hybridized carbons (Fsp3) is 0.0952. The maximum absolute atomic E-state index is 14.4. The van der Waals surface area contributed by atoms with E-state index in [0.29, 0.717) is 0 Å². The standard InChI is InChI=1S/C21H10F6N4O4/c22-14-7-13(33-12-3-4-29-11(5-12)9-28)8-15(23)18(14)31-19(32)30-10-1-2-16-17(6-10)35-21(26,27)20(24,25)34-16/h1-8H,(H2,30,31,32). The summed E-state index contributed by atoms with van der Waals surface area (Å²) in [4.78, 5) is 15.9. The van der Waals surface area contributed by atoms with E-state index < -0.39 is 47.1 Å². The van der Waals surface area contributed by atoms with E-state index in [1.165, 1.54) is 18.3 Å². The number of alkyl halides is 4. The second-order valence-corrected chi connectivity index (χ2v) is 6.83. The maximum atomic E-state index is 14.4. The van der Waals surface area contributed by atoms with E-state index in [1.54, 1.807) is 6.07 Å².